The van der Waals surface area contributed by atoms with Crippen molar-refractivity contribution in [2.45, 2.75) is 39.5 Å². The Hall–Kier alpha value is -1.78. The Kier molecular flexibility index (Phi) is 3.57. The number of hydrogen-bond donors (Lipinski definition) is 0. The number of hydrogen-bond acceptors (Lipinski definition) is 3. The molecule has 3 nitrogen and oxygen atoms in total. The molecular weight excluding hydrogens is 326 g/mol. The van der Waals surface area contributed by atoms with Gasteiger partial charge in [-0.05, 0) is 60.7 Å². The molecule has 4 rings (SSSR count). The first-order valence-electron chi connectivity index (χ1n) is 8.90. The molecule has 1 aliphatic heterocycles. The van der Waals surface area contributed by atoms with Crippen LogP contribution in [0.3, 0.4) is 0 Å². The van der Waals surface area contributed by atoms with Gasteiger partial charge in [0.05, 0.1) is 24.7 Å². The van der Waals surface area contributed by atoms with E-state index in [2.05, 4.69) is 6.92 Å². The predicted molar refractivity (Wildman–Crippen MR) is 87.6 cm³/mol. The molecular formula is C20H22F2O3. The minimum Gasteiger partial charge on any atom is -0.465 e. The van der Waals surface area contributed by atoms with Gasteiger partial charge in [0, 0.05) is 17.9 Å². The Morgan fingerprint density at radius 2 is 1.88 bits per heavy atom. The van der Waals surface area contributed by atoms with Crippen molar-refractivity contribution >= 4 is 11.8 Å². The second-order valence-electron chi connectivity index (χ2n) is 8.32. The molecule has 5 heteroatoms. The van der Waals surface area contributed by atoms with Gasteiger partial charge < -0.3 is 4.74 Å². The highest BCUT2D eigenvalue weighted by Crippen LogP contribution is 2.65. The Bertz CT molecular complexity index is 750. The topological polar surface area (TPSA) is 43.4 Å². The van der Waals surface area contributed by atoms with Crippen LogP contribution in [-0.2, 0) is 14.3 Å². The van der Waals surface area contributed by atoms with Crippen LogP contribution in [0.5, 0.6) is 0 Å². The number of esters is 1. The first-order valence-corrected chi connectivity index (χ1v) is 8.90. The Labute approximate surface area is 145 Å². The van der Waals surface area contributed by atoms with E-state index < -0.39 is 5.41 Å². The van der Waals surface area contributed by atoms with Gasteiger partial charge in [0.15, 0.2) is 5.78 Å². The lowest BCUT2D eigenvalue weighted by molar-refractivity contribution is -0.147. The van der Waals surface area contributed by atoms with Gasteiger partial charge in [-0.1, -0.05) is 6.92 Å². The molecule has 0 aromatic carbocycles. The van der Waals surface area contributed by atoms with Crippen molar-refractivity contribution in [3.8, 4) is 0 Å². The van der Waals surface area contributed by atoms with Crippen LogP contribution in [0.4, 0.5) is 8.78 Å². The van der Waals surface area contributed by atoms with E-state index in [1.54, 1.807) is 0 Å². The largest absolute Gasteiger partial charge is 0.465 e. The zero-order chi connectivity index (χ0) is 18.0. The van der Waals surface area contributed by atoms with E-state index >= 15 is 0 Å². The minimum absolute atomic E-state index is 0.0384. The zero-order valence-electron chi connectivity index (χ0n) is 14.5. The molecule has 2 saturated carbocycles. The quantitative estimate of drug-likeness (QED) is 0.616. The van der Waals surface area contributed by atoms with E-state index in [1.165, 1.54) is 6.08 Å². The maximum Gasteiger partial charge on any atom is 0.312 e. The number of rotatable bonds is 0. The lowest BCUT2D eigenvalue weighted by atomic mass is 9.45. The zero-order valence-corrected chi connectivity index (χ0v) is 14.5. The van der Waals surface area contributed by atoms with Crippen LogP contribution >= 0.6 is 0 Å². The highest BCUT2D eigenvalue weighted by molar-refractivity contribution is 5.93. The summed E-state index contributed by atoms with van der Waals surface area (Å²) < 4.78 is 33.1. The smallest absolute Gasteiger partial charge is 0.312 e. The summed E-state index contributed by atoms with van der Waals surface area (Å²) in [5, 5.41) is 0. The molecule has 4 aliphatic rings. The number of fused-ring (bicyclic) bond motifs is 5. The highest BCUT2D eigenvalue weighted by atomic mass is 19.1. The fraction of sp³-hybridized carbons (Fsp3) is 0.600. The summed E-state index contributed by atoms with van der Waals surface area (Å²) in [6, 6.07) is 0. The van der Waals surface area contributed by atoms with E-state index in [9.17, 15) is 18.4 Å². The molecule has 0 spiro atoms. The van der Waals surface area contributed by atoms with Crippen LogP contribution in [0.2, 0.25) is 0 Å². The first-order chi connectivity index (χ1) is 11.9. The lowest BCUT2D eigenvalue weighted by Gasteiger charge is -2.56. The summed E-state index contributed by atoms with van der Waals surface area (Å²) in [6.07, 6.45) is 4.88. The number of halogens is 2. The van der Waals surface area contributed by atoms with Crippen molar-refractivity contribution in [1.82, 2.24) is 0 Å². The molecule has 3 fully saturated rings. The van der Waals surface area contributed by atoms with Gasteiger partial charge in [-0.25, -0.2) is 8.78 Å². The van der Waals surface area contributed by atoms with Gasteiger partial charge in [-0.2, -0.15) is 0 Å². The average molecular weight is 348 g/mol. The van der Waals surface area contributed by atoms with E-state index in [0.29, 0.717) is 37.5 Å². The standard InChI is InChI=1S/C20H22F2O3/c1-19-5-3-11(23)7-15(19)12(8-21)13(9-22)17-14(19)4-6-20(2)16(17)10-25-18(20)24/h7-9,14,16-17H,3-6,10H2,1-2H3/t14-,16+,17-,19-,20+/m1/s1. The monoisotopic (exact) mass is 348 g/mol. The molecule has 25 heavy (non-hydrogen) atoms. The highest BCUT2D eigenvalue weighted by Gasteiger charge is 2.62. The molecule has 5 atom stereocenters. The minimum atomic E-state index is -0.640. The Balaban J connectivity index is 1.90. The number of allylic oxidation sites excluding steroid dienone is 4. The third-order valence-corrected chi connectivity index (χ3v) is 7.34. The number of carbonyl (C=O) groups is 2. The molecule has 134 valence electrons. The number of cyclic esters (lactones) is 1. The van der Waals surface area contributed by atoms with Gasteiger partial charge in [-0.15, -0.1) is 0 Å². The third kappa shape index (κ3) is 2.01. The molecule has 0 N–H and O–H groups in total. The molecule has 0 aromatic rings. The van der Waals surface area contributed by atoms with E-state index in [-0.39, 0.29) is 52.7 Å². The molecule has 3 aliphatic carbocycles. The second-order valence-corrected chi connectivity index (χ2v) is 8.32. The number of ketones is 1. The molecule has 0 radical (unpaired) electrons. The fourth-order valence-electron chi connectivity index (χ4n) is 5.79. The normalized spacial score (nSPS) is 46.4. The van der Waals surface area contributed by atoms with Crippen LogP contribution in [0.15, 0.2) is 35.5 Å². The van der Waals surface area contributed by atoms with Crippen LogP contribution in [0, 0.1) is 28.6 Å². The summed E-state index contributed by atoms with van der Waals surface area (Å²) in [7, 11) is 0. The summed E-state index contributed by atoms with van der Waals surface area (Å²) in [4.78, 5) is 24.2. The molecule has 1 heterocycles. The first kappa shape index (κ1) is 16.7. The van der Waals surface area contributed by atoms with Crippen molar-refractivity contribution < 1.29 is 23.1 Å². The third-order valence-electron chi connectivity index (χ3n) is 7.34. The van der Waals surface area contributed by atoms with Crippen molar-refractivity contribution in [2.75, 3.05) is 6.61 Å². The van der Waals surface area contributed by atoms with E-state index in [0.717, 1.165) is 6.42 Å². The van der Waals surface area contributed by atoms with E-state index in [4.69, 9.17) is 4.74 Å². The molecule has 0 aromatic heterocycles. The SMILES string of the molecule is C[C@]12CCC(=O)C=C1C(=CF)C(=CF)[C@@H]1[C@H]2CC[C@]2(C)C(=O)OC[C@@H]12. The van der Waals surface area contributed by atoms with Crippen molar-refractivity contribution in [1.29, 1.82) is 0 Å². The molecule has 1 saturated heterocycles. The van der Waals surface area contributed by atoms with Crippen molar-refractivity contribution in [3.63, 3.8) is 0 Å². The number of carbonyl (C=O) groups excluding carboxylic acids is 2. The summed E-state index contributed by atoms with van der Waals surface area (Å²) >= 11 is 0. The maximum atomic E-state index is 13.9. The summed E-state index contributed by atoms with van der Waals surface area (Å²) in [6.45, 7) is 4.19. The van der Waals surface area contributed by atoms with Crippen molar-refractivity contribution in [3.05, 3.63) is 35.5 Å². The van der Waals surface area contributed by atoms with Crippen LogP contribution in [0.1, 0.15) is 39.5 Å². The number of ether oxygens (including phenoxy) is 1. The predicted octanol–water partition coefficient (Wildman–Crippen LogP) is 4.21. The van der Waals surface area contributed by atoms with Gasteiger partial charge in [-0.3, -0.25) is 9.59 Å². The van der Waals surface area contributed by atoms with E-state index in [1.807, 2.05) is 6.92 Å². The lowest BCUT2D eigenvalue weighted by Crippen LogP contribution is -2.52. The van der Waals surface area contributed by atoms with Crippen molar-refractivity contribution in [2.24, 2.45) is 28.6 Å². The van der Waals surface area contributed by atoms with Crippen LogP contribution < -0.4 is 0 Å². The molecule has 0 amide bonds. The average Bonchev–Trinajstić information content (AvgIpc) is 2.90. The van der Waals surface area contributed by atoms with Gasteiger partial charge >= 0.3 is 5.97 Å². The summed E-state index contributed by atoms with van der Waals surface area (Å²) in [5.74, 6) is -0.627. The fourth-order valence-corrected chi connectivity index (χ4v) is 5.79. The Morgan fingerprint density at radius 3 is 2.56 bits per heavy atom. The van der Waals surface area contributed by atoms with Gasteiger partial charge in [0.2, 0.25) is 0 Å². The van der Waals surface area contributed by atoms with Gasteiger partial charge in [0.1, 0.15) is 0 Å². The maximum absolute atomic E-state index is 13.9. The molecule has 0 unspecified atom stereocenters. The summed E-state index contributed by atoms with van der Waals surface area (Å²) in [5.41, 5.74) is 0.0582. The van der Waals surface area contributed by atoms with Gasteiger partial charge in [0.25, 0.3) is 0 Å². The van der Waals surface area contributed by atoms with Crippen LogP contribution in [-0.4, -0.2) is 18.4 Å². The van der Waals surface area contributed by atoms with Crippen LogP contribution in [0.25, 0.3) is 0 Å². The molecule has 0 bridgehead atoms. The second kappa shape index (κ2) is 5.36. The Morgan fingerprint density at radius 1 is 1.12 bits per heavy atom.